The summed E-state index contributed by atoms with van der Waals surface area (Å²) in [4.78, 5) is 36.5. The zero-order valence-corrected chi connectivity index (χ0v) is 17.9. The second kappa shape index (κ2) is 9.93. The van der Waals surface area contributed by atoms with Crippen LogP contribution in [0.1, 0.15) is 74.7 Å². The van der Waals surface area contributed by atoms with E-state index in [9.17, 15) is 14.4 Å². The first-order valence-electron chi connectivity index (χ1n) is 9.53. The molecule has 152 valence electrons. The molecule has 0 saturated heterocycles. The number of carbonyl (C=O) groups excluding carboxylic acids is 3. The molecule has 0 saturated carbocycles. The number of amides is 3. The van der Waals surface area contributed by atoms with Crippen molar-refractivity contribution >= 4 is 17.7 Å². The Balaban J connectivity index is 5.14. The van der Waals surface area contributed by atoms with Crippen LogP contribution in [0.25, 0.3) is 0 Å². The Morgan fingerprint density at radius 2 is 1.54 bits per heavy atom. The van der Waals surface area contributed by atoms with E-state index in [1.807, 2.05) is 34.6 Å². The minimum absolute atomic E-state index is 0.00295. The zero-order valence-electron chi connectivity index (χ0n) is 17.9. The third kappa shape index (κ3) is 9.78. The number of primary amides is 1. The molecule has 0 aliphatic rings. The molecule has 0 unspecified atom stereocenters. The van der Waals surface area contributed by atoms with Crippen LogP contribution in [0, 0.1) is 22.7 Å². The van der Waals surface area contributed by atoms with E-state index >= 15 is 0 Å². The predicted octanol–water partition coefficient (Wildman–Crippen LogP) is 3.24. The fraction of sp³-hybridized carbons (Fsp3) is 0.850. The van der Waals surface area contributed by atoms with Gasteiger partial charge < -0.3 is 16.4 Å². The molecule has 0 fully saturated rings. The van der Waals surface area contributed by atoms with Crippen LogP contribution < -0.4 is 16.4 Å². The molecule has 0 aliphatic carbocycles. The summed E-state index contributed by atoms with van der Waals surface area (Å²) in [5.41, 5.74) is 4.54. The van der Waals surface area contributed by atoms with E-state index in [0.717, 1.165) is 6.42 Å². The third-order valence-corrected chi connectivity index (χ3v) is 4.31. The van der Waals surface area contributed by atoms with Crippen LogP contribution in [-0.4, -0.2) is 30.3 Å². The normalized spacial score (nSPS) is 14.7. The molecule has 0 spiro atoms. The highest BCUT2D eigenvalue weighted by atomic mass is 16.2. The van der Waals surface area contributed by atoms with Crippen LogP contribution in [0.4, 0.5) is 4.79 Å². The summed E-state index contributed by atoms with van der Waals surface area (Å²) in [5.74, 6) is -0.0197. The first-order valence-corrected chi connectivity index (χ1v) is 9.53. The monoisotopic (exact) mass is 369 g/mol. The molecule has 0 heterocycles. The largest absolute Gasteiger partial charge is 0.352 e. The van der Waals surface area contributed by atoms with Crippen LogP contribution in [0.2, 0.25) is 0 Å². The standard InChI is InChI=1S/C20H39N3O3/c1-13(2)14(12-19(3,4)5)17(25)23-15(16(24)20(6,7)8)10-9-11-22-18(21)26/h13-15H,9-12H2,1-8H3,(H,23,25)(H3,21,22,26)/t14-,15-/m0/s1. The van der Waals surface area contributed by atoms with Crippen molar-refractivity contribution in [2.24, 2.45) is 28.4 Å². The van der Waals surface area contributed by atoms with Crippen molar-refractivity contribution in [3.05, 3.63) is 0 Å². The molecule has 6 heteroatoms. The van der Waals surface area contributed by atoms with Crippen molar-refractivity contribution in [3.8, 4) is 0 Å². The minimum atomic E-state index is -0.585. The molecule has 0 aromatic heterocycles. The number of urea groups is 1. The number of nitrogens with one attached hydrogen (secondary N) is 2. The van der Waals surface area contributed by atoms with E-state index < -0.39 is 17.5 Å². The smallest absolute Gasteiger partial charge is 0.312 e. The first-order chi connectivity index (χ1) is 11.6. The quantitative estimate of drug-likeness (QED) is 0.544. The highest BCUT2D eigenvalue weighted by Gasteiger charge is 2.34. The molecule has 4 N–H and O–H groups in total. The molecule has 26 heavy (non-hydrogen) atoms. The van der Waals surface area contributed by atoms with Gasteiger partial charge in [-0.15, -0.1) is 0 Å². The molecular formula is C20H39N3O3. The van der Waals surface area contributed by atoms with Crippen molar-refractivity contribution < 1.29 is 14.4 Å². The number of hydrogen-bond donors (Lipinski definition) is 3. The van der Waals surface area contributed by atoms with Crippen molar-refractivity contribution in [3.63, 3.8) is 0 Å². The Hall–Kier alpha value is -1.59. The number of nitrogens with two attached hydrogens (primary N) is 1. The highest BCUT2D eigenvalue weighted by molar-refractivity contribution is 5.92. The summed E-state index contributed by atoms with van der Waals surface area (Å²) >= 11 is 0. The lowest BCUT2D eigenvalue weighted by Gasteiger charge is -2.31. The van der Waals surface area contributed by atoms with E-state index in [4.69, 9.17) is 5.73 Å². The summed E-state index contributed by atoms with van der Waals surface area (Å²) in [6.07, 6.45) is 1.81. The topological polar surface area (TPSA) is 101 Å². The zero-order chi connectivity index (χ0) is 20.7. The maximum Gasteiger partial charge on any atom is 0.312 e. The molecular weight excluding hydrogens is 330 g/mol. The fourth-order valence-corrected chi connectivity index (χ4v) is 2.88. The summed E-state index contributed by atoms with van der Waals surface area (Å²) in [7, 11) is 0. The highest BCUT2D eigenvalue weighted by Crippen LogP contribution is 2.29. The molecule has 6 nitrogen and oxygen atoms in total. The lowest BCUT2D eigenvalue weighted by molar-refractivity contribution is -0.135. The molecule has 0 aliphatic heterocycles. The maximum absolute atomic E-state index is 12.9. The number of Topliss-reactive ketones (excluding diaryl/α,β-unsaturated/α-hetero) is 1. The average molecular weight is 370 g/mol. The van der Waals surface area contributed by atoms with E-state index in [0.29, 0.717) is 19.4 Å². The molecule has 0 aromatic carbocycles. The number of carbonyl (C=O) groups is 3. The Labute approximate surface area is 159 Å². The van der Waals surface area contributed by atoms with Gasteiger partial charge in [-0.2, -0.15) is 0 Å². The molecule has 0 bridgehead atoms. The van der Waals surface area contributed by atoms with E-state index in [1.165, 1.54) is 0 Å². The van der Waals surface area contributed by atoms with Crippen molar-refractivity contribution in [1.82, 2.24) is 10.6 Å². The summed E-state index contributed by atoms with van der Waals surface area (Å²) in [5, 5.41) is 5.50. The predicted molar refractivity (Wildman–Crippen MR) is 106 cm³/mol. The van der Waals surface area contributed by atoms with Crippen LogP contribution >= 0.6 is 0 Å². The summed E-state index contributed by atoms with van der Waals surface area (Å²) in [6, 6.07) is -1.14. The molecule has 0 radical (unpaired) electrons. The SMILES string of the molecule is CC(C)[C@H](CC(C)(C)C)C(=O)N[C@@H](CCCNC(N)=O)C(=O)C(C)(C)C. The van der Waals surface area contributed by atoms with Gasteiger partial charge >= 0.3 is 6.03 Å². The third-order valence-electron chi connectivity index (χ3n) is 4.31. The van der Waals surface area contributed by atoms with Gasteiger partial charge in [0.2, 0.25) is 5.91 Å². The van der Waals surface area contributed by atoms with Crippen molar-refractivity contribution in [2.45, 2.75) is 80.7 Å². The second-order valence-electron chi connectivity index (χ2n) is 9.72. The van der Waals surface area contributed by atoms with Gasteiger partial charge in [0.15, 0.2) is 5.78 Å². The Morgan fingerprint density at radius 1 is 1.00 bits per heavy atom. The van der Waals surface area contributed by atoms with Crippen molar-refractivity contribution in [2.75, 3.05) is 6.54 Å². The van der Waals surface area contributed by atoms with E-state index in [2.05, 4.69) is 31.4 Å². The van der Waals surface area contributed by atoms with Crippen LogP contribution in [0.3, 0.4) is 0 Å². The Bertz CT molecular complexity index is 488. The molecule has 2 atom stereocenters. The lowest BCUT2D eigenvalue weighted by atomic mass is 9.78. The van der Waals surface area contributed by atoms with Gasteiger partial charge in [-0.1, -0.05) is 55.4 Å². The van der Waals surface area contributed by atoms with Gasteiger partial charge in [0.05, 0.1) is 6.04 Å². The van der Waals surface area contributed by atoms with E-state index in [-0.39, 0.29) is 28.9 Å². The van der Waals surface area contributed by atoms with Crippen molar-refractivity contribution in [1.29, 1.82) is 0 Å². The summed E-state index contributed by atoms with van der Waals surface area (Å²) < 4.78 is 0. The van der Waals surface area contributed by atoms with E-state index in [1.54, 1.807) is 0 Å². The van der Waals surface area contributed by atoms with Gasteiger partial charge in [0.25, 0.3) is 0 Å². The Kier molecular flexibility index (Phi) is 9.32. The first kappa shape index (κ1) is 24.4. The average Bonchev–Trinajstić information content (AvgIpc) is 2.44. The van der Waals surface area contributed by atoms with Crippen LogP contribution in [-0.2, 0) is 9.59 Å². The van der Waals surface area contributed by atoms with Gasteiger partial charge in [-0.25, -0.2) is 4.79 Å². The maximum atomic E-state index is 12.9. The fourth-order valence-electron chi connectivity index (χ4n) is 2.88. The number of rotatable bonds is 9. The van der Waals surface area contributed by atoms with Gasteiger partial charge in [-0.05, 0) is 30.6 Å². The molecule has 3 amide bonds. The van der Waals surface area contributed by atoms with Gasteiger partial charge in [0.1, 0.15) is 0 Å². The number of hydrogen-bond acceptors (Lipinski definition) is 3. The van der Waals surface area contributed by atoms with Gasteiger partial charge in [-0.3, -0.25) is 9.59 Å². The minimum Gasteiger partial charge on any atom is -0.352 e. The second-order valence-corrected chi connectivity index (χ2v) is 9.72. The number of ketones is 1. The lowest BCUT2D eigenvalue weighted by Crippen LogP contribution is -2.49. The molecule has 0 aromatic rings. The molecule has 0 rings (SSSR count). The van der Waals surface area contributed by atoms with Gasteiger partial charge in [0, 0.05) is 17.9 Å². The Morgan fingerprint density at radius 3 is 1.92 bits per heavy atom. The van der Waals surface area contributed by atoms with Crippen LogP contribution in [0.15, 0.2) is 0 Å². The van der Waals surface area contributed by atoms with Crippen LogP contribution in [0.5, 0.6) is 0 Å². The summed E-state index contributed by atoms with van der Waals surface area (Å²) in [6.45, 7) is 16.4.